The Morgan fingerprint density at radius 1 is 1.31 bits per heavy atom. The van der Waals surface area contributed by atoms with Gasteiger partial charge in [-0.2, -0.15) is 10.2 Å². The summed E-state index contributed by atoms with van der Waals surface area (Å²) in [7, 11) is 0. The van der Waals surface area contributed by atoms with Gasteiger partial charge in [0, 0.05) is 22.1 Å². The highest BCUT2D eigenvalue weighted by molar-refractivity contribution is 14.1. The van der Waals surface area contributed by atoms with Crippen LogP contribution in [-0.2, 0) is 0 Å². The number of amides is 2. The molecule has 0 fully saturated rings. The largest absolute Gasteiger partial charge is 0.339 e. The number of halogens is 1. The van der Waals surface area contributed by atoms with Crippen LogP contribution in [0.5, 0.6) is 0 Å². The topological polar surface area (TPSA) is 65.0 Å². The molecule has 0 unspecified atom stereocenters. The van der Waals surface area contributed by atoms with Crippen molar-refractivity contribution in [3.05, 3.63) is 32.9 Å². The first-order valence-electron chi connectivity index (χ1n) is 8.57. The van der Waals surface area contributed by atoms with E-state index in [1.807, 2.05) is 19.9 Å². The molecule has 142 valence electrons. The first-order valence-corrected chi connectivity index (χ1v) is 10.6. The van der Waals surface area contributed by atoms with Crippen LogP contribution in [0.15, 0.2) is 23.3 Å². The predicted octanol–water partition coefficient (Wildman–Crippen LogP) is 3.78. The van der Waals surface area contributed by atoms with Gasteiger partial charge in [-0.3, -0.25) is 9.59 Å². The summed E-state index contributed by atoms with van der Waals surface area (Å²) in [6.07, 6.45) is 0. The summed E-state index contributed by atoms with van der Waals surface area (Å²) in [5.41, 5.74) is 3.57. The molecule has 6 nitrogen and oxygen atoms in total. The number of hydrogen-bond donors (Lipinski definition) is 1. The summed E-state index contributed by atoms with van der Waals surface area (Å²) in [5.74, 6) is 0.111. The van der Waals surface area contributed by atoms with Gasteiger partial charge in [-0.05, 0) is 48.6 Å². The first kappa shape index (κ1) is 21.0. The molecule has 2 rings (SSSR count). The van der Waals surface area contributed by atoms with E-state index in [-0.39, 0.29) is 17.2 Å². The number of thioether (sulfide) groups is 1. The Bertz CT molecular complexity index is 726. The quantitative estimate of drug-likeness (QED) is 0.641. The van der Waals surface area contributed by atoms with Crippen LogP contribution in [0.3, 0.4) is 0 Å². The van der Waals surface area contributed by atoms with Gasteiger partial charge in [0.1, 0.15) is 10.9 Å². The van der Waals surface area contributed by atoms with Gasteiger partial charge < -0.3 is 4.90 Å². The van der Waals surface area contributed by atoms with Crippen molar-refractivity contribution in [2.75, 3.05) is 19.0 Å². The summed E-state index contributed by atoms with van der Waals surface area (Å²) >= 11 is 3.71. The van der Waals surface area contributed by atoms with E-state index >= 15 is 0 Å². The summed E-state index contributed by atoms with van der Waals surface area (Å²) < 4.78 is 0.766. The van der Waals surface area contributed by atoms with Crippen molar-refractivity contribution < 1.29 is 9.59 Å². The first-order chi connectivity index (χ1) is 12.2. The average molecular weight is 488 g/mol. The smallest absolute Gasteiger partial charge is 0.271 e. The van der Waals surface area contributed by atoms with Gasteiger partial charge in [0.25, 0.3) is 11.8 Å². The van der Waals surface area contributed by atoms with E-state index in [2.05, 4.69) is 53.9 Å². The Hall–Kier alpha value is -1.29. The molecular formula is C18H25IN4O2S. The molecule has 1 aliphatic rings. The predicted molar refractivity (Wildman–Crippen MR) is 115 cm³/mol. The van der Waals surface area contributed by atoms with Crippen molar-refractivity contribution in [3.63, 3.8) is 0 Å². The Morgan fingerprint density at radius 3 is 2.50 bits per heavy atom. The highest BCUT2D eigenvalue weighted by Gasteiger charge is 2.28. The second kappa shape index (κ2) is 8.60. The molecular weight excluding hydrogens is 463 g/mol. The van der Waals surface area contributed by atoms with Gasteiger partial charge in [0.05, 0.1) is 11.1 Å². The molecule has 2 amide bonds. The standard InChI is InChI=1S/C18H25IN4O2S/c1-6-22(7-2)16(25)14-12(9-8-10-13(14)19)15(24)20-23-11-26-17(21-23)18(3,4)5/h8-10H,6-7,11H2,1-5H3,(H,20,24). The maximum atomic E-state index is 12.9. The monoisotopic (exact) mass is 488 g/mol. The van der Waals surface area contributed by atoms with Crippen molar-refractivity contribution in [2.24, 2.45) is 10.5 Å². The summed E-state index contributed by atoms with van der Waals surface area (Å²) in [6.45, 7) is 11.3. The molecule has 1 N–H and O–H groups in total. The molecule has 0 aliphatic carbocycles. The van der Waals surface area contributed by atoms with E-state index in [9.17, 15) is 9.59 Å². The lowest BCUT2D eigenvalue weighted by atomic mass is 9.99. The van der Waals surface area contributed by atoms with Crippen LogP contribution >= 0.6 is 34.4 Å². The number of hydrogen-bond acceptors (Lipinski definition) is 5. The van der Waals surface area contributed by atoms with Crippen molar-refractivity contribution >= 4 is 51.2 Å². The van der Waals surface area contributed by atoms with E-state index in [1.54, 1.807) is 33.9 Å². The molecule has 8 heteroatoms. The van der Waals surface area contributed by atoms with Crippen molar-refractivity contribution in [3.8, 4) is 0 Å². The lowest BCUT2D eigenvalue weighted by molar-refractivity contribution is 0.0752. The molecule has 0 saturated carbocycles. The zero-order valence-electron chi connectivity index (χ0n) is 15.8. The molecule has 0 spiro atoms. The summed E-state index contributed by atoms with van der Waals surface area (Å²) in [6, 6.07) is 5.32. The van der Waals surface area contributed by atoms with Crippen LogP contribution in [0, 0.1) is 8.99 Å². The lowest BCUT2D eigenvalue weighted by Gasteiger charge is -2.22. The van der Waals surface area contributed by atoms with Crippen LogP contribution in [0.25, 0.3) is 0 Å². The van der Waals surface area contributed by atoms with Crippen molar-refractivity contribution in [2.45, 2.75) is 34.6 Å². The lowest BCUT2D eigenvalue weighted by Crippen LogP contribution is -2.39. The fraction of sp³-hybridized carbons (Fsp3) is 0.500. The van der Waals surface area contributed by atoms with E-state index < -0.39 is 0 Å². The minimum absolute atomic E-state index is 0.0594. The van der Waals surface area contributed by atoms with Crippen molar-refractivity contribution in [1.82, 2.24) is 15.4 Å². The normalized spacial score (nSPS) is 14.2. The summed E-state index contributed by atoms with van der Waals surface area (Å²) in [4.78, 5) is 27.4. The third-order valence-corrected chi connectivity index (χ3v) is 6.17. The number of benzene rings is 1. The average Bonchev–Trinajstić information content (AvgIpc) is 3.04. The maximum absolute atomic E-state index is 12.9. The van der Waals surface area contributed by atoms with E-state index in [4.69, 9.17) is 0 Å². The van der Waals surface area contributed by atoms with Gasteiger partial charge in [-0.25, -0.2) is 5.43 Å². The molecule has 1 aliphatic heterocycles. The fourth-order valence-electron chi connectivity index (χ4n) is 2.49. The highest BCUT2D eigenvalue weighted by atomic mass is 127. The van der Waals surface area contributed by atoms with Gasteiger partial charge >= 0.3 is 0 Å². The number of nitrogens with one attached hydrogen (secondary N) is 1. The van der Waals surface area contributed by atoms with Crippen molar-refractivity contribution in [1.29, 1.82) is 0 Å². The van der Waals surface area contributed by atoms with Crippen LogP contribution in [0.2, 0.25) is 0 Å². The van der Waals surface area contributed by atoms with E-state index in [1.165, 1.54) is 0 Å². The third-order valence-electron chi connectivity index (χ3n) is 3.93. The molecule has 0 aromatic heterocycles. The molecule has 0 bridgehead atoms. The Kier molecular flexibility index (Phi) is 6.95. The molecule has 1 aromatic carbocycles. The number of carbonyl (C=O) groups is 2. The number of hydrazine groups is 1. The van der Waals surface area contributed by atoms with Gasteiger partial charge in [-0.15, -0.1) is 0 Å². The van der Waals surface area contributed by atoms with E-state index in [0.717, 1.165) is 8.61 Å². The minimum Gasteiger partial charge on any atom is -0.339 e. The van der Waals surface area contributed by atoms with Gasteiger partial charge in [0.2, 0.25) is 0 Å². The van der Waals surface area contributed by atoms with Gasteiger partial charge in [-0.1, -0.05) is 38.6 Å². The Morgan fingerprint density at radius 2 is 1.96 bits per heavy atom. The summed E-state index contributed by atoms with van der Waals surface area (Å²) in [5, 5.41) is 6.99. The second-order valence-electron chi connectivity index (χ2n) is 6.91. The molecule has 0 saturated heterocycles. The SMILES string of the molecule is CCN(CC)C(=O)c1c(I)cccc1C(=O)NN1CSC(C(C)(C)C)=N1. The maximum Gasteiger partial charge on any atom is 0.271 e. The molecule has 26 heavy (non-hydrogen) atoms. The molecule has 0 atom stereocenters. The van der Waals surface area contributed by atoms with Crippen LogP contribution in [-0.4, -0.2) is 45.8 Å². The zero-order chi connectivity index (χ0) is 19.5. The van der Waals surface area contributed by atoms with Crippen LogP contribution in [0.1, 0.15) is 55.3 Å². The second-order valence-corrected chi connectivity index (χ2v) is 9.00. The molecule has 1 aromatic rings. The van der Waals surface area contributed by atoms with Crippen LogP contribution < -0.4 is 5.43 Å². The number of rotatable bonds is 5. The fourth-order valence-corrected chi connectivity index (χ4v) is 4.18. The molecule has 1 heterocycles. The van der Waals surface area contributed by atoms with Gasteiger partial charge in [0.15, 0.2) is 0 Å². The molecule has 0 radical (unpaired) electrons. The van der Waals surface area contributed by atoms with E-state index in [0.29, 0.717) is 30.1 Å². The number of nitrogens with zero attached hydrogens (tertiary/aromatic N) is 3. The zero-order valence-corrected chi connectivity index (χ0v) is 18.8. The minimum atomic E-state index is -0.321. The van der Waals surface area contributed by atoms with Crippen LogP contribution in [0.4, 0.5) is 0 Å². The highest BCUT2D eigenvalue weighted by Crippen LogP contribution is 2.29. The number of hydrazone groups is 1. The number of carbonyl (C=O) groups excluding carboxylic acids is 2. The Labute approximate surface area is 172 Å². The third kappa shape index (κ3) is 4.70. The Balaban J connectivity index is 2.26.